The van der Waals surface area contributed by atoms with Crippen LogP contribution in [0.25, 0.3) is 0 Å². The van der Waals surface area contributed by atoms with Crippen LogP contribution in [0.4, 0.5) is 0 Å². The third-order valence-electron chi connectivity index (χ3n) is 3.46. The first kappa shape index (κ1) is 15.9. The van der Waals surface area contributed by atoms with Crippen molar-refractivity contribution >= 4 is 15.9 Å². The molecule has 0 aliphatic rings. The summed E-state index contributed by atoms with van der Waals surface area (Å²) in [6.07, 6.45) is -0.0965. The summed E-state index contributed by atoms with van der Waals surface area (Å²) >= 11 is 3.50. The Bertz CT molecular complexity index is 608. The summed E-state index contributed by atoms with van der Waals surface area (Å²) in [7, 11) is 3.25. The molecule has 0 aromatic heterocycles. The van der Waals surface area contributed by atoms with Gasteiger partial charge in [0.05, 0.1) is 20.3 Å². The Labute approximate surface area is 133 Å². The van der Waals surface area contributed by atoms with Gasteiger partial charge in [0.25, 0.3) is 0 Å². The highest BCUT2D eigenvalue weighted by Gasteiger charge is 2.16. The quantitative estimate of drug-likeness (QED) is 0.883. The van der Waals surface area contributed by atoms with Crippen LogP contribution >= 0.6 is 15.9 Å². The van der Waals surface area contributed by atoms with Gasteiger partial charge in [0.2, 0.25) is 0 Å². The van der Waals surface area contributed by atoms with Crippen LogP contribution in [0.2, 0.25) is 0 Å². The zero-order valence-electron chi connectivity index (χ0n) is 12.4. The molecule has 4 heteroatoms. The molecule has 1 N–H and O–H groups in total. The molecule has 112 valence electrons. The summed E-state index contributed by atoms with van der Waals surface area (Å²) in [6.45, 7) is 1.99. The number of benzene rings is 2. The number of methoxy groups -OCH3 is 2. The first-order valence-corrected chi connectivity index (χ1v) is 7.49. The highest BCUT2D eigenvalue weighted by atomic mass is 79.9. The maximum absolute atomic E-state index is 10.5. The fourth-order valence-electron chi connectivity index (χ4n) is 2.20. The van der Waals surface area contributed by atoms with Gasteiger partial charge in [-0.3, -0.25) is 0 Å². The third kappa shape index (κ3) is 3.77. The summed E-state index contributed by atoms with van der Waals surface area (Å²) in [5.74, 6) is 1.51. The second-order valence-electron chi connectivity index (χ2n) is 4.91. The van der Waals surface area contributed by atoms with Crippen molar-refractivity contribution < 1.29 is 14.6 Å². The molecule has 1 atom stereocenters. The van der Waals surface area contributed by atoms with E-state index in [4.69, 9.17) is 9.47 Å². The molecule has 2 aromatic rings. The van der Waals surface area contributed by atoms with E-state index in [-0.39, 0.29) is 0 Å². The molecule has 0 aliphatic carbocycles. The molecule has 1 unspecified atom stereocenters. The molecule has 0 bridgehead atoms. The van der Waals surface area contributed by atoms with Gasteiger partial charge in [0.1, 0.15) is 11.5 Å². The number of ether oxygens (including phenoxy) is 2. The van der Waals surface area contributed by atoms with Crippen LogP contribution in [0.3, 0.4) is 0 Å². The van der Waals surface area contributed by atoms with Crippen molar-refractivity contribution in [2.45, 2.75) is 19.4 Å². The van der Waals surface area contributed by atoms with Gasteiger partial charge in [-0.05, 0) is 42.3 Å². The smallest absolute Gasteiger partial charge is 0.125 e. The van der Waals surface area contributed by atoms with Crippen molar-refractivity contribution in [3.63, 3.8) is 0 Å². The number of rotatable bonds is 5. The fraction of sp³-hybridized carbons (Fsp3) is 0.294. The van der Waals surface area contributed by atoms with Crippen molar-refractivity contribution in [2.75, 3.05) is 14.2 Å². The third-order valence-corrected chi connectivity index (χ3v) is 4.31. The lowest BCUT2D eigenvalue weighted by molar-refractivity contribution is 0.174. The zero-order valence-corrected chi connectivity index (χ0v) is 14.0. The van der Waals surface area contributed by atoms with E-state index in [0.29, 0.717) is 12.2 Å². The average molecular weight is 351 g/mol. The molecule has 0 spiro atoms. The minimum atomic E-state index is -0.620. The van der Waals surface area contributed by atoms with E-state index in [0.717, 1.165) is 26.9 Å². The maximum atomic E-state index is 10.5. The lowest BCUT2D eigenvalue weighted by Crippen LogP contribution is -2.05. The van der Waals surface area contributed by atoms with Crippen LogP contribution in [0.1, 0.15) is 22.8 Å². The van der Waals surface area contributed by atoms with Crippen molar-refractivity contribution in [3.05, 3.63) is 57.6 Å². The molecule has 21 heavy (non-hydrogen) atoms. The van der Waals surface area contributed by atoms with Crippen LogP contribution in [0.15, 0.2) is 40.9 Å². The lowest BCUT2D eigenvalue weighted by Gasteiger charge is -2.16. The summed E-state index contributed by atoms with van der Waals surface area (Å²) in [4.78, 5) is 0. The Morgan fingerprint density at radius 1 is 1.10 bits per heavy atom. The summed E-state index contributed by atoms with van der Waals surface area (Å²) in [5.41, 5.74) is 2.90. The SMILES string of the molecule is COc1ccc(CC(O)c2cc(Br)c(C)cc2OC)cc1. The fourth-order valence-corrected chi connectivity index (χ4v) is 2.56. The van der Waals surface area contributed by atoms with Crippen molar-refractivity contribution in [2.24, 2.45) is 0 Å². The molecule has 0 aliphatic heterocycles. The van der Waals surface area contributed by atoms with Crippen LogP contribution in [0, 0.1) is 6.92 Å². The number of aliphatic hydroxyl groups is 1. The molecule has 3 nitrogen and oxygen atoms in total. The molecule has 2 rings (SSSR count). The van der Waals surface area contributed by atoms with Gasteiger partial charge in [0, 0.05) is 16.5 Å². The van der Waals surface area contributed by atoms with Crippen LogP contribution in [-0.2, 0) is 6.42 Å². The van der Waals surface area contributed by atoms with E-state index in [2.05, 4.69) is 15.9 Å². The molecule has 0 saturated carbocycles. The van der Waals surface area contributed by atoms with Gasteiger partial charge in [-0.1, -0.05) is 28.1 Å². The Hall–Kier alpha value is -1.52. The van der Waals surface area contributed by atoms with Crippen LogP contribution < -0.4 is 9.47 Å². The van der Waals surface area contributed by atoms with Crippen molar-refractivity contribution in [3.8, 4) is 11.5 Å². The number of halogens is 1. The summed E-state index contributed by atoms with van der Waals surface area (Å²) in [5, 5.41) is 10.5. The van der Waals surface area contributed by atoms with Gasteiger partial charge in [-0.15, -0.1) is 0 Å². The number of hydrogen-bond acceptors (Lipinski definition) is 3. The van der Waals surface area contributed by atoms with Gasteiger partial charge in [-0.2, -0.15) is 0 Å². The highest BCUT2D eigenvalue weighted by Crippen LogP contribution is 2.33. The standard InChI is InChI=1S/C17H19BrO3/c1-11-8-17(21-3)14(10-15(11)18)16(19)9-12-4-6-13(20-2)7-5-12/h4-8,10,16,19H,9H2,1-3H3. The van der Waals surface area contributed by atoms with Crippen LogP contribution in [0.5, 0.6) is 11.5 Å². The van der Waals surface area contributed by atoms with Crippen molar-refractivity contribution in [1.82, 2.24) is 0 Å². The van der Waals surface area contributed by atoms with Crippen molar-refractivity contribution in [1.29, 1.82) is 0 Å². The second-order valence-corrected chi connectivity index (χ2v) is 5.77. The monoisotopic (exact) mass is 350 g/mol. The first-order chi connectivity index (χ1) is 10.0. The topological polar surface area (TPSA) is 38.7 Å². The Balaban J connectivity index is 2.22. The molecular weight excluding hydrogens is 332 g/mol. The Morgan fingerprint density at radius 3 is 2.33 bits per heavy atom. The molecule has 0 saturated heterocycles. The predicted octanol–water partition coefficient (Wildman–Crippen LogP) is 4.05. The summed E-state index contributed by atoms with van der Waals surface area (Å²) < 4.78 is 11.5. The van der Waals surface area contributed by atoms with E-state index in [1.807, 2.05) is 43.3 Å². The van der Waals surface area contributed by atoms with E-state index in [9.17, 15) is 5.11 Å². The number of aryl methyl sites for hydroxylation is 1. The summed E-state index contributed by atoms with van der Waals surface area (Å²) in [6, 6.07) is 11.5. The Kier molecular flexibility index (Phi) is 5.26. The molecule has 0 amide bonds. The molecule has 2 aromatic carbocycles. The van der Waals surface area contributed by atoms with Gasteiger partial charge >= 0.3 is 0 Å². The maximum Gasteiger partial charge on any atom is 0.125 e. The largest absolute Gasteiger partial charge is 0.497 e. The van der Waals surface area contributed by atoms with E-state index in [1.54, 1.807) is 14.2 Å². The van der Waals surface area contributed by atoms with Gasteiger partial charge in [0.15, 0.2) is 0 Å². The van der Waals surface area contributed by atoms with E-state index >= 15 is 0 Å². The first-order valence-electron chi connectivity index (χ1n) is 6.70. The van der Waals surface area contributed by atoms with Crippen LogP contribution in [-0.4, -0.2) is 19.3 Å². The number of aliphatic hydroxyl groups excluding tert-OH is 1. The minimum Gasteiger partial charge on any atom is -0.497 e. The molecule has 0 radical (unpaired) electrons. The Morgan fingerprint density at radius 2 is 1.76 bits per heavy atom. The predicted molar refractivity (Wildman–Crippen MR) is 87.1 cm³/mol. The zero-order chi connectivity index (χ0) is 15.4. The van der Waals surface area contributed by atoms with E-state index in [1.165, 1.54) is 0 Å². The van der Waals surface area contributed by atoms with Gasteiger partial charge < -0.3 is 14.6 Å². The second kappa shape index (κ2) is 6.96. The molecular formula is C17H19BrO3. The highest BCUT2D eigenvalue weighted by molar-refractivity contribution is 9.10. The normalized spacial score (nSPS) is 12.0. The number of hydrogen-bond donors (Lipinski definition) is 1. The van der Waals surface area contributed by atoms with Gasteiger partial charge in [-0.25, -0.2) is 0 Å². The molecule has 0 heterocycles. The van der Waals surface area contributed by atoms with E-state index < -0.39 is 6.10 Å². The average Bonchev–Trinajstić information content (AvgIpc) is 2.50. The lowest BCUT2D eigenvalue weighted by atomic mass is 9.99. The minimum absolute atomic E-state index is 0.524. The molecule has 0 fully saturated rings.